The Balaban J connectivity index is 1.66. The van der Waals surface area contributed by atoms with Crippen LogP contribution in [0.2, 0.25) is 0 Å². The standard InChI is InChI=1S/C15H20O6/c1-17-11-5-3-10(4-6-11)7-19-13-12-14(18-2)21-15(13,8-16)9-20-12/h3-6,12-14,16H,7-9H2,1-2H3/t12-,13+,14+,15+/m1/s1. The molecule has 1 aromatic rings. The molecule has 1 N–H and O–H groups in total. The number of hydrogen-bond donors (Lipinski definition) is 1. The lowest BCUT2D eigenvalue weighted by atomic mass is 10.0. The van der Waals surface area contributed by atoms with E-state index in [1.54, 1.807) is 14.2 Å². The van der Waals surface area contributed by atoms with E-state index in [1.165, 1.54) is 0 Å². The molecule has 2 saturated heterocycles. The lowest BCUT2D eigenvalue weighted by molar-refractivity contribution is -0.242. The molecule has 1 aromatic carbocycles. The first-order valence-electron chi connectivity index (χ1n) is 6.90. The van der Waals surface area contributed by atoms with E-state index >= 15 is 0 Å². The largest absolute Gasteiger partial charge is 0.497 e. The maximum atomic E-state index is 9.64. The van der Waals surface area contributed by atoms with Crippen molar-refractivity contribution in [2.24, 2.45) is 0 Å². The van der Waals surface area contributed by atoms with Crippen molar-refractivity contribution in [3.05, 3.63) is 29.8 Å². The van der Waals surface area contributed by atoms with Crippen molar-refractivity contribution in [2.75, 3.05) is 27.4 Å². The Bertz CT molecular complexity index is 476. The van der Waals surface area contributed by atoms with Gasteiger partial charge >= 0.3 is 0 Å². The van der Waals surface area contributed by atoms with Crippen LogP contribution in [-0.4, -0.2) is 56.6 Å². The van der Waals surface area contributed by atoms with Gasteiger partial charge in [0.2, 0.25) is 0 Å². The number of fused-ring (bicyclic) bond motifs is 2. The smallest absolute Gasteiger partial charge is 0.187 e. The topological polar surface area (TPSA) is 66.4 Å². The van der Waals surface area contributed by atoms with Crippen molar-refractivity contribution in [2.45, 2.75) is 30.7 Å². The third-order valence-corrected chi connectivity index (χ3v) is 4.04. The summed E-state index contributed by atoms with van der Waals surface area (Å²) in [6, 6.07) is 7.65. The fraction of sp³-hybridized carbons (Fsp3) is 0.600. The highest BCUT2D eigenvalue weighted by atomic mass is 16.8. The summed E-state index contributed by atoms with van der Waals surface area (Å²) in [7, 11) is 3.19. The molecule has 6 heteroatoms. The molecule has 0 aromatic heterocycles. The summed E-state index contributed by atoms with van der Waals surface area (Å²) in [5.74, 6) is 0.803. The van der Waals surface area contributed by atoms with Gasteiger partial charge in [0.15, 0.2) is 6.29 Å². The minimum atomic E-state index is -0.822. The van der Waals surface area contributed by atoms with E-state index in [1.807, 2.05) is 24.3 Å². The average molecular weight is 296 g/mol. The molecule has 2 aliphatic heterocycles. The average Bonchev–Trinajstić information content (AvgIpc) is 3.05. The minimum Gasteiger partial charge on any atom is -0.497 e. The van der Waals surface area contributed by atoms with Crippen molar-refractivity contribution in [1.82, 2.24) is 0 Å². The second kappa shape index (κ2) is 5.90. The van der Waals surface area contributed by atoms with Gasteiger partial charge in [-0.1, -0.05) is 12.1 Å². The van der Waals surface area contributed by atoms with Gasteiger partial charge in [0.25, 0.3) is 0 Å². The molecule has 6 nitrogen and oxygen atoms in total. The lowest BCUT2D eigenvalue weighted by Gasteiger charge is -2.28. The number of benzene rings is 1. The molecule has 2 aliphatic rings. The van der Waals surface area contributed by atoms with E-state index in [0.29, 0.717) is 13.2 Å². The highest BCUT2D eigenvalue weighted by Crippen LogP contribution is 2.42. The minimum absolute atomic E-state index is 0.156. The molecule has 116 valence electrons. The van der Waals surface area contributed by atoms with E-state index in [-0.39, 0.29) is 18.8 Å². The van der Waals surface area contributed by atoms with Crippen molar-refractivity contribution >= 4 is 0 Å². The van der Waals surface area contributed by atoms with Crippen LogP contribution in [0.4, 0.5) is 0 Å². The van der Waals surface area contributed by atoms with E-state index < -0.39 is 11.9 Å². The van der Waals surface area contributed by atoms with Gasteiger partial charge in [-0.2, -0.15) is 0 Å². The zero-order chi connectivity index (χ0) is 14.9. The number of ether oxygens (including phenoxy) is 5. The van der Waals surface area contributed by atoms with Crippen LogP contribution in [0, 0.1) is 0 Å². The first-order chi connectivity index (χ1) is 10.2. The van der Waals surface area contributed by atoms with Gasteiger partial charge in [-0.3, -0.25) is 0 Å². The van der Waals surface area contributed by atoms with Gasteiger partial charge in [0.1, 0.15) is 23.6 Å². The van der Waals surface area contributed by atoms with Gasteiger partial charge in [0, 0.05) is 7.11 Å². The zero-order valence-electron chi connectivity index (χ0n) is 12.2. The molecule has 0 unspecified atom stereocenters. The predicted molar refractivity (Wildman–Crippen MR) is 73.0 cm³/mol. The quantitative estimate of drug-likeness (QED) is 0.834. The monoisotopic (exact) mass is 296 g/mol. The van der Waals surface area contributed by atoms with Crippen molar-refractivity contribution < 1.29 is 28.8 Å². The van der Waals surface area contributed by atoms with Crippen LogP contribution in [-0.2, 0) is 25.6 Å². The molecule has 3 rings (SSSR count). The molecular weight excluding hydrogens is 276 g/mol. The third-order valence-electron chi connectivity index (χ3n) is 4.04. The summed E-state index contributed by atoms with van der Waals surface area (Å²) in [6.45, 7) is 0.577. The molecule has 0 amide bonds. The Morgan fingerprint density at radius 1 is 1.29 bits per heavy atom. The van der Waals surface area contributed by atoms with Gasteiger partial charge in [0.05, 0.1) is 26.9 Å². The van der Waals surface area contributed by atoms with Gasteiger partial charge in [-0.25, -0.2) is 0 Å². The van der Waals surface area contributed by atoms with Crippen LogP contribution in [0.25, 0.3) is 0 Å². The molecule has 2 bridgehead atoms. The number of methoxy groups -OCH3 is 2. The van der Waals surface area contributed by atoms with Crippen molar-refractivity contribution in [1.29, 1.82) is 0 Å². The third kappa shape index (κ3) is 2.54. The van der Waals surface area contributed by atoms with E-state index in [2.05, 4.69) is 0 Å². The summed E-state index contributed by atoms with van der Waals surface area (Å²) < 4.78 is 27.7. The Hall–Kier alpha value is -1.18. The Morgan fingerprint density at radius 2 is 2.05 bits per heavy atom. The van der Waals surface area contributed by atoms with Crippen LogP contribution < -0.4 is 4.74 Å². The number of aliphatic hydroxyl groups excluding tert-OH is 1. The molecule has 2 heterocycles. The maximum absolute atomic E-state index is 9.64. The first-order valence-corrected chi connectivity index (χ1v) is 6.90. The van der Waals surface area contributed by atoms with Crippen LogP contribution in [0.1, 0.15) is 5.56 Å². The molecule has 4 atom stereocenters. The van der Waals surface area contributed by atoms with Gasteiger partial charge in [-0.15, -0.1) is 0 Å². The summed E-state index contributed by atoms with van der Waals surface area (Å²) in [6.07, 6.45) is -1.14. The van der Waals surface area contributed by atoms with E-state index in [9.17, 15) is 5.11 Å². The number of rotatable bonds is 6. The van der Waals surface area contributed by atoms with E-state index in [0.717, 1.165) is 11.3 Å². The predicted octanol–water partition coefficient (Wildman–Crippen LogP) is 0.713. The zero-order valence-corrected chi connectivity index (χ0v) is 12.2. The van der Waals surface area contributed by atoms with Crippen LogP contribution in [0.5, 0.6) is 5.75 Å². The molecule has 0 radical (unpaired) electrons. The summed E-state index contributed by atoms with van der Waals surface area (Å²) in [5, 5.41) is 9.64. The van der Waals surface area contributed by atoms with Crippen LogP contribution in [0.3, 0.4) is 0 Å². The maximum Gasteiger partial charge on any atom is 0.187 e. The van der Waals surface area contributed by atoms with Crippen molar-refractivity contribution in [3.63, 3.8) is 0 Å². The molecule has 21 heavy (non-hydrogen) atoms. The fourth-order valence-electron chi connectivity index (χ4n) is 2.84. The van der Waals surface area contributed by atoms with E-state index in [4.69, 9.17) is 23.7 Å². The summed E-state index contributed by atoms with van der Waals surface area (Å²) in [5.41, 5.74) is 0.196. The highest BCUT2D eigenvalue weighted by molar-refractivity contribution is 5.26. The normalized spacial score (nSPS) is 34.3. The van der Waals surface area contributed by atoms with Crippen LogP contribution in [0.15, 0.2) is 24.3 Å². The first kappa shape index (κ1) is 14.7. The molecular formula is C15H20O6. The second-order valence-electron chi connectivity index (χ2n) is 5.30. The molecule has 0 spiro atoms. The SMILES string of the molecule is COc1ccc(CO[C@H]2[C@H]3OC[C@]2(CO)O[C@@H]3OC)cc1. The number of aliphatic hydroxyl groups is 1. The highest BCUT2D eigenvalue weighted by Gasteiger charge is 2.62. The molecule has 0 aliphatic carbocycles. The lowest BCUT2D eigenvalue weighted by Crippen LogP contribution is -2.45. The summed E-state index contributed by atoms with van der Waals surface area (Å²) >= 11 is 0. The van der Waals surface area contributed by atoms with Crippen molar-refractivity contribution in [3.8, 4) is 5.75 Å². The Kier molecular flexibility index (Phi) is 4.14. The second-order valence-corrected chi connectivity index (χ2v) is 5.30. The summed E-state index contributed by atoms with van der Waals surface area (Å²) in [4.78, 5) is 0. The fourth-order valence-corrected chi connectivity index (χ4v) is 2.84. The Labute approximate surface area is 123 Å². The van der Waals surface area contributed by atoms with Gasteiger partial charge in [-0.05, 0) is 17.7 Å². The number of hydrogen-bond acceptors (Lipinski definition) is 6. The van der Waals surface area contributed by atoms with Crippen LogP contribution >= 0.6 is 0 Å². The molecule has 2 fully saturated rings. The molecule has 0 saturated carbocycles. The van der Waals surface area contributed by atoms with Gasteiger partial charge < -0.3 is 28.8 Å². The Morgan fingerprint density at radius 3 is 2.67 bits per heavy atom.